The minimum atomic E-state index is -1.44. The molecule has 0 aliphatic heterocycles. The molecule has 51 heavy (non-hydrogen) atoms. The lowest BCUT2D eigenvalue weighted by Gasteiger charge is -2.27. The highest BCUT2D eigenvalue weighted by atomic mass is 16.2. The van der Waals surface area contributed by atoms with E-state index < -0.39 is 59.0 Å². The molecule has 11 nitrogen and oxygen atoms in total. The molecule has 0 radical (unpaired) electrons. The fourth-order valence-electron chi connectivity index (χ4n) is 5.26. The lowest BCUT2D eigenvalue weighted by molar-refractivity contribution is -0.141. The molecule has 0 fully saturated rings. The van der Waals surface area contributed by atoms with Gasteiger partial charge in [0.1, 0.15) is 17.6 Å². The number of nitrogens with two attached hydrogens (primary N) is 1. The molecule has 1 unspecified atom stereocenters. The first-order valence-electron chi connectivity index (χ1n) is 16.6. The average Bonchev–Trinajstić information content (AvgIpc) is 3.12. The minimum Gasteiger partial charge on any atom is -0.368 e. The first-order valence-corrected chi connectivity index (χ1v) is 16.6. The number of Topliss-reactive ketones (excluding diaryl/α,β-unsaturated/α-hetero) is 1. The van der Waals surface area contributed by atoms with E-state index in [1.165, 1.54) is 20.8 Å². The van der Waals surface area contributed by atoms with Gasteiger partial charge in [0.15, 0.2) is 0 Å². The molecule has 4 aromatic rings. The molecule has 4 aromatic carbocycles. The number of amides is 5. The second kappa shape index (κ2) is 17.5. The van der Waals surface area contributed by atoms with Gasteiger partial charge in [-0.25, -0.2) is 0 Å². The fraction of sp³-hybridized carbons (Fsp3) is 0.250. The summed E-state index contributed by atoms with van der Waals surface area (Å²) in [6.07, 6.45) is 0.171. The third kappa shape index (κ3) is 11.2. The van der Waals surface area contributed by atoms with Gasteiger partial charge in [-0.05, 0) is 48.6 Å². The first-order chi connectivity index (χ1) is 24.3. The van der Waals surface area contributed by atoms with Crippen molar-refractivity contribution in [2.75, 3.05) is 0 Å². The Morgan fingerprint density at radius 1 is 0.588 bits per heavy atom. The van der Waals surface area contributed by atoms with Crippen LogP contribution in [0, 0.1) is 0 Å². The van der Waals surface area contributed by atoms with Crippen LogP contribution in [0.25, 0.3) is 11.1 Å². The van der Waals surface area contributed by atoms with Crippen molar-refractivity contribution in [3.63, 3.8) is 0 Å². The molecule has 0 spiro atoms. The molecule has 6 N–H and O–H groups in total. The summed E-state index contributed by atoms with van der Waals surface area (Å²) in [6, 6.07) is 31.5. The highest BCUT2D eigenvalue weighted by molar-refractivity contribution is 6.38. The number of ketones is 1. The van der Waals surface area contributed by atoms with Crippen LogP contribution >= 0.6 is 0 Å². The van der Waals surface area contributed by atoms with Crippen LogP contribution in [0.4, 0.5) is 0 Å². The predicted octanol–water partition coefficient (Wildman–Crippen LogP) is 2.81. The van der Waals surface area contributed by atoms with Crippen molar-refractivity contribution < 1.29 is 28.8 Å². The molecule has 0 bridgehead atoms. The van der Waals surface area contributed by atoms with Gasteiger partial charge in [0.25, 0.3) is 5.91 Å². The van der Waals surface area contributed by atoms with E-state index in [0.717, 1.165) is 22.3 Å². The van der Waals surface area contributed by atoms with Crippen LogP contribution in [0.2, 0.25) is 0 Å². The molecule has 3 atom stereocenters. The zero-order valence-electron chi connectivity index (χ0n) is 28.8. The number of primary amides is 1. The van der Waals surface area contributed by atoms with Crippen LogP contribution in [-0.4, -0.2) is 59.0 Å². The fourth-order valence-corrected chi connectivity index (χ4v) is 5.26. The van der Waals surface area contributed by atoms with Crippen molar-refractivity contribution in [2.24, 2.45) is 5.73 Å². The maximum absolute atomic E-state index is 13.5. The zero-order chi connectivity index (χ0) is 37.0. The van der Waals surface area contributed by atoms with Crippen LogP contribution in [0.15, 0.2) is 115 Å². The molecule has 0 aliphatic rings. The van der Waals surface area contributed by atoms with Crippen LogP contribution in [-0.2, 0) is 48.0 Å². The van der Waals surface area contributed by atoms with E-state index in [4.69, 9.17) is 5.73 Å². The summed E-state index contributed by atoms with van der Waals surface area (Å²) in [4.78, 5) is 78.4. The van der Waals surface area contributed by atoms with E-state index in [1.807, 2.05) is 78.9 Å². The van der Waals surface area contributed by atoms with E-state index >= 15 is 0 Å². The van der Waals surface area contributed by atoms with Gasteiger partial charge in [0.2, 0.25) is 29.4 Å². The van der Waals surface area contributed by atoms with Gasteiger partial charge in [-0.1, -0.05) is 115 Å². The summed E-state index contributed by atoms with van der Waals surface area (Å²) in [7, 11) is 0. The number of hydrogen-bond acceptors (Lipinski definition) is 6. The highest BCUT2D eigenvalue weighted by Crippen LogP contribution is 2.20. The van der Waals surface area contributed by atoms with Crippen molar-refractivity contribution in [3.05, 3.63) is 132 Å². The van der Waals surface area contributed by atoms with Crippen molar-refractivity contribution >= 4 is 35.3 Å². The Kier molecular flexibility index (Phi) is 13.0. The summed E-state index contributed by atoms with van der Waals surface area (Å²) in [5.41, 5.74) is 8.18. The second-order valence-electron chi connectivity index (χ2n) is 12.8. The third-order valence-electron chi connectivity index (χ3n) is 8.29. The lowest BCUT2D eigenvalue weighted by atomic mass is 9.98. The second-order valence-corrected chi connectivity index (χ2v) is 12.8. The number of carbonyl (C=O) groups is 6. The number of hydrogen-bond donors (Lipinski definition) is 5. The van der Waals surface area contributed by atoms with E-state index in [1.54, 1.807) is 36.4 Å². The van der Waals surface area contributed by atoms with Gasteiger partial charge in [-0.3, -0.25) is 28.8 Å². The average molecular weight is 690 g/mol. The SMILES string of the molecule is CC(NC(=O)[C@H](Cc1ccccc1)NC(=O)Cc1ccccc1)C(=O)C(=O)N[C@@H](Cc1ccc(-c2ccccc2)cc1)C(=O)NC(C)(C)C(N)=O. The largest absolute Gasteiger partial charge is 0.368 e. The van der Waals surface area contributed by atoms with E-state index in [-0.39, 0.29) is 19.3 Å². The highest BCUT2D eigenvalue weighted by Gasteiger charge is 2.34. The Bertz CT molecular complexity index is 1830. The van der Waals surface area contributed by atoms with E-state index in [0.29, 0.717) is 5.56 Å². The Hall–Kier alpha value is -6.10. The van der Waals surface area contributed by atoms with Crippen molar-refractivity contribution in [3.8, 4) is 11.1 Å². The summed E-state index contributed by atoms with van der Waals surface area (Å²) < 4.78 is 0. The van der Waals surface area contributed by atoms with E-state index in [9.17, 15) is 28.8 Å². The summed E-state index contributed by atoms with van der Waals surface area (Å²) in [6.45, 7) is 4.20. The molecular weight excluding hydrogens is 646 g/mol. The van der Waals surface area contributed by atoms with E-state index in [2.05, 4.69) is 21.3 Å². The first kappa shape index (κ1) is 37.7. The number of rotatable bonds is 16. The van der Waals surface area contributed by atoms with Gasteiger partial charge in [-0.2, -0.15) is 0 Å². The molecule has 0 heterocycles. The molecule has 0 saturated carbocycles. The maximum atomic E-state index is 13.5. The summed E-state index contributed by atoms with van der Waals surface area (Å²) in [5, 5.41) is 10.3. The standard InChI is InChI=1S/C40H43N5O6/c1-26(42-36(48)32(23-27-13-7-4-8-14-27)43-34(46)25-28-15-9-5-10-16-28)35(47)38(50)44-33(37(49)45-40(2,3)39(41)51)24-29-19-21-31(22-20-29)30-17-11-6-12-18-30/h4-22,26,32-33H,23-25H2,1-3H3,(H2,41,51)(H,42,48)(H,43,46)(H,44,50)(H,45,49)/t26?,32-,33-/m0/s1. The van der Waals surface area contributed by atoms with Crippen molar-refractivity contribution in [1.82, 2.24) is 21.3 Å². The quantitative estimate of drug-likeness (QED) is 0.113. The Morgan fingerprint density at radius 3 is 1.61 bits per heavy atom. The van der Waals surface area contributed by atoms with Gasteiger partial charge >= 0.3 is 0 Å². The van der Waals surface area contributed by atoms with Gasteiger partial charge < -0.3 is 27.0 Å². The molecular formula is C40H43N5O6. The topological polar surface area (TPSA) is 177 Å². The Balaban J connectivity index is 1.46. The maximum Gasteiger partial charge on any atom is 0.290 e. The minimum absolute atomic E-state index is 0.0118. The molecule has 264 valence electrons. The van der Waals surface area contributed by atoms with Crippen LogP contribution < -0.4 is 27.0 Å². The molecule has 4 rings (SSSR count). The van der Waals surface area contributed by atoms with Gasteiger partial charge in [0.05, 0.1) is 12.5 Å². The molecule has 0 aliphatic carbocycles. The lowest BCUT2D eigenvalue weighted by Crippen LogP contribution is -2.60. The van der Waals surface area contributed by atoms with Gasteiger partial charge in [-0.15, -0.1) is 0 Å². The molecule has 0 aromatic heterocycles. The number of carbonyl (C=O) groups excluding carboxylic acids is 6. The normalized spacial score (nSPS) is 12.8. The summed E-state index contributed by atoms with van der Waals surface area (Å²) in [5.74, 6) is -4.70. The smallest absolute Gasteiger partial charge is 0.290 e. The van der Waals surface area contributed by atoms with Crippen LogP contribution in [0.3, 0.4) is 0 Å². The summed E-state index contributed by atoms with van der Waals surface area (Å²) >= 11 is 0. The Morgan fingerprint density at radius 2 is 1.06 bits per heavy atom. The van der Waals surface area contributed by atoms with Crippen molar-refractivity contribution in [2.45, 2.75) is 63.7 Å². The number of nitrogens with one attached hydrogen (secondary N) is 4. The third-order valence-corrected chi connectivity index (χ3v) is 8.29. The van der Waals surface area contributed by atoms with Crippen LogP contribution in [0.5, 0.6) is 0 Å². The number of benzene rings is 4. The van der Waals surface area contributed by atoms with Gasteiger partial charge in [0, 0.05) is 12.8 Å². The van der Waals surface area contributed by atoms with Crippen LogP contribution in [0.1, 0.15) is 37.5 Å². The Labute approximate surface area is 297 Å². The molecule has 0 saturated heterocycles. The molecule has 11 heteroatoms. The zero-order valence-corrected chi connectivity index (χ0v) is 28.8. The molecule has 5 amide bonds. The predicted molar refractivity (Wildman–Crippen MR) is 194 cm³/mol. The monoisotopic (exact) mass is 689 g/mol. The van der Waals surface area contributed by atoms with Crippen molar-refractivity contribution in [1.29, 1.82) is 0 Å².